The molecule has 1 fully saturated rings. The van der Waals surface area contributed by atoms with Crippen molar-refractivity contribution in [1.29, 1.82) is 5.26 Å². The van der Waals surface area contributed by atoms with Crippen LogP contribution in [0.3, 0.4) is 0 Å². The second kappa shape index (κ2) is 6.85. The Hall–Kier alpha value is -1.41. The molecule has 2 rings (SSSR count). The second-order valence-electron chi connectivity index (χ2n) is 5.18. The molecule has 0 bridgehead atoms. The molecule has 0 saturated heterocycles. The summed E-state index contributed by atoms with van der Waals surface area (Å²) in [6, 6.07) is 6.61. The Bertz CT molecular complexity index is 533. The van der Waals surface area contributed by atoms with E-state index in [-0.39, 0.29) is 17.5 Å². The minimum Gasteiger partial charge on any atom is -0.349 e. The number of rotatable bonds is 3. The van der Waals surface area contributed by atoms with Crippen LogP contribution >= 0.6 is 15.9 Å². The highest BCUT2D eigenvalue weighted by Gasteiger charge is 2.23. The number of nitrogens with zero attached hydrogens (tertiary/aromatic N) is 1. The third-order valence-corrected chi connectivity index (χ3v) is 4.23. The van der Waals surface area contributed by atoms with Crippen LogP contribution in [0.1, 0.15) is 42.5 Å². The molecule has 1 saturated carbocycles. The molecule has 1 aliphatic carbocycles. The smallest absolute Gasteiger partial charge is 0.254 e. The van der Waals surface area contributed by atoms with E-state index in [0.29, 0.717) is 16.8 Å². The molecule has 5 heteroatoms. The maximum atomic E-state index is 13.6. The molecular formula is C15H16BrFN2O. The van der Waals surface area contributed by atoms with Crippen LogP contribution in [0.15, 0.2) is 22.7 Å². The Morgan fingerprint density at radius 3 is 2.75 bits per heavy atom. The predicted molar refractivity (Wildman–Crippen MR) is 77.5 cm³/mol. The largest absolute Gasteiger partial charge is 0.349 e. The molecule has 0 radical (unpaired) electrons. The second-order valence-corrected chi connectivity index (χ2v) is 6.09. The molecule has 0 aromatic heterocycles. The number of hydrogen-bond donors (Lipinski definition) is 1. The summed E-state index contributed by atoms with van der Waals surface area (Å²) >= 11 is 3.24. The summed E-state index contributed by atoms with van der Waals surface area (Å²) < 4.78 is 14.3. The SMILES string of the molecule is N#CCC1CCC(NC(=O)c2cc(Br)ccc2F)CC1. The van der Waals surface area contributed by atoms with Crippen molar-refractivity contribution in [3.05, 3.63) is 34.1 Å². The topological polar surface area (TPSA) is 52.9 Å². The fourth-order valence-corrected chi connectivity index (χ4v) is 2.94. The van der Waals surface area contributed by atoms with E-state index in [1.165, 1.54) is 12.1 Å². The van der Waals surface area contributed by atoms with Gasteiger partial charge in [-0.3, -0.25) is 4.79 Å². The van der Waals surface area contributed by atoms with Crippen LogP contribution in [-0.4, -0.2) is 11.9 Å². The molecule has 3 nitrogen and oxygen atoms in total. The van der Waals surface area contributed by atoms with E-state index in [9.17, 15) is 9.18 Å². The summed E-state index contributed by atoms with van der Waals surface area (Å²) in [7, 11) is 0. The lowest BCUT2D eigenvalue weighted by atomic mass is 9.84. The Labute approximate surface area is 126 Å². The van der Waals surface area contributed by atoms with Crippen molar-refractivity contribution in [3.63, 3.8) is 0 Å². The molecule has 0 unspecified atom stereocenters. The first kappa shape index (κ1) is 15.0. The molecule has 1 N–H and O–H groups in total. The summed E-state index contributed by atoms with van der Waals surface area (Å²) in [5.74, 6) is -0.438. The number of halogens is 2. The van der Waals surface area contributed by atoms with Crippen molar-refractivity contribution in [1.82, 2.24) is 5.32 Å². The monoisotopic (exact) mass is 338 g/mol. The number of amides is 1. The third kappa shape index (κ3) is 3.80. The highest BCUT2D eigenvalue weighted by atomic mass is 79.9. The maximum absolute atomic E-state index is 13.6. The Morgan fingerprint density at radius 2 is 2.10 bits per heavy atom. The highest BCUT2D eigenvalue weighted by molar-refractivity contribution is 9.10. The van der Waals surface area contributed by atoms with Gasteiger partial charge in [-0.2, -0.15) is 5.26 Å². The number of nitrogens with one attached hydrogen (secondary N) is 1. The molecule has 106 valence electrons. The molecule has 0 spiro atoms. The van der Waals surface area contributed by atoms with Crippen molar-refractivity contribution in [2.24, 2.45) is 5.92 Å². The molecular weight excluding hydrogens is 323 g/mol. The van der Waals surface area contributed by atoms with Crippen LogP contribution in [0.4, 0.5) is 4.39 Å². The van der Waals surface area contributed by atoms with Crippen LogP contribution in [-0.2, 0) is 0 Å². The number of carbonyl (C=O) groups excluding carboxylic acids is 1. The summed E-state index contributed by atoms with van der Waals surface area (Å²) in [6.07, 6.45) is 4.18. The van der Waals surface area contributed by atoms with Gasteiger partial charge in [-0.1, -0.05) is 15.9 Å². The van der Waals surface area contributed by atoms with Gasteiger partial charge in [0.15, 0.2) is 0 Å². The lowest BCUT2D eigenvalue weighted by molar-refractivity contribution is 0.0918. The molecule has 0 atom stereocenters. The summed E-state index contributed by atoms with van der Waals surface area (Å²) in [5.41, 5.74) is 0.0681. The van der Waals surface area contributed by atoms with Crippen molar-refractivity contribution < 1.29 is 9.18 Å². The quantitative estimate of drug-likeness (QED) is 0.911. The molecule has 1 amide bonds. The van der Waals surface area contributed by atoms with Crippen LogP contribution < -0.4 is 5.32 Å². The van der Waals surface area contributed by atoms with Crippen molar-refractivity contribution in [2.45, 2.75) is 38.1 Å². The van der Waals surface area contributed by atoms with Crippen LogP contribution in [0.2, 0.25) is 0 Å². The van der Waals surface area contributed by atoms with Gasteiger partial charge in [0, 0.05) is 16.9 Å². The first-order valence-electron chi connectivity index (χ1n) is 6.73. The van der Waals surface area contributed by atoms with Gasteiger partial charge in [-0.05, 0) is 49.8 Å². The zero-order chi connectivity index (χ0) is 14.5. The molecule has 1 aromatic rings. The Kier molecular flexibility index (Phi) is 5.13. The Morgan fingerprint density at radius 1 is 1.40 bits per heavy atom. The third-order valence-electron chi connectivity index (χ3n) is 3.73. The van der Waals surface area contributed by atoms with Crippen molar-refractivity contribution >= 4 is 21.8 Å². The van der Waals surface area contributed by atoms with E-state index >= 15 is 0 Å². The molecule has 20 heavy (non-hydrogen) atoms. The molecule has 0 heterocycles. The fourth-order valence-electron chi connectivity index (χ4n) is 2.57. The van der Waals surface area contributed by atoms with Gasteiger partial charge >= 0.3 is 0 Å². The average Bonchev–Trinajstić information content (AvgIpc) is 2.44. The number of carbonyl (C=O) groups is 1. The van der Waals surface area contributed by atoms with E-state index in [2.05, 4.69) is 27.3 Å². The van der Waals surface area contributed by atoms with E-state index in [4.69, 9.17) is 5.26 Å². The van der Waals surface area contributed by atoms with Crippen molar-refractivity contribution in [3.8, 4) is 6.07 Å². The van der Waals surface area contributed by atoms with Crippen LogP contribution in [0, 0.1) is 23.1 Å². The summed E-state index contributed by atoms with van der Waals surface area (Å²) in [4.78, 5) is 12.1. The van der Waals surface area contributed by atoms with Gasteiger partial charge in [0.05, 0.1) is 11.6 Å². The highest BCUT2D eigenvalue weighted by Crippen LogP contribution is 2.26. The van der Waals surface area contributed by atoms with Gasteiger partial charge < -0.3 is 5.32 Å². The lowest BCUT2D eigenvalue weighted by Crippen LogP contribution is -2.38. The zero-order valence-corrected chi connectivity index (χ0v) is 12.6. The molecule has 1 aliphatic rings. The van der Waals surface area contributed by atoms with Gasteiger partial charge in [-0.15, -0.1) is 0 Å². The van der Waals surface area contributed by atoms with E-state index in [0.717, 1.165) is 25.7 Å². The average molecular weight is 339 g/mol. The van der Waals surface area contributed by atoms with Crippen LogP contribution in [0.25, 0.3) is 0 Å². The van der Waals surface area contributed by atoms with Crippen molar-refractivity contribution in [2.75, 3.05) is 0 Å². The standard InChI is InChI=1S/C15H16BrFN2O/c16-11-3-6-14(17)13(9-11)15(20)19-12-4-1-10(2-5-12)7-8-18/h3,6,9-10,12H,1-2,4-5,7H2,(H,19,20). The zero-order valence-electron chi connectivity index (χ0n) is 11.0. The van der Waals surface area contributed by atoms with E-state index in [1.54, 1.807) is 6.07 Å². The van der Waals surface area contributed by atoms with Gasteiger partial charge in [0.25, 0.3) is 5.91 Å². The van der Waals surface area contributed by atoms with Gasteiger partial charge in [0.2, 0.25) is 0 Å². The minimum atomic E-state index is -0.510. The fraction of sp³-hybridized carbons (Fsp3) is 0.467. The minimum absolute atomic E-state index is 0.0681. The molecule has 1 aromatic carbocycles. The first-order chi connectivity index (χ1) is 9.60. The van der Waals surface area contributed by atoms with Gasteiger partial charge in [0.1, 0.15) is 5.82 Å². The van der Waals surface area contributed by atoms with Gasteiger partial charge in [-0.25, -0.2) is 4.39 Å². The first-order valence-corrected chi connectivity index (χ1v) is 7.52. The van der Waals surface area contributed by atoms with Crippen LogP contribution in [0.5, 0.6) is 0 Å². The molecule has 0 aliphatic heterocycles. The van der Waals surface area contributed by atoms with E-state index in [1.807, 2.05) is 0 Å². The summed E-state index contributed by atoms with van der Waals surface area (Å²) in [6.45, 7) is 0. The van der Waals surface area contributed by atoms with E-state index < -0.39 is 5.82 Å². The number of nitriles is 1. The lowest BCUT2D eigenvalue weighted by Gasteiger charge is -2.27. The summed E-state index contributed by atoms with van der Waals surface area (Å²) in [5, 5.41) is 11.6. The number of hydrogen-bond acceptors (Lipinski definition) is 2. The maximum Gasteiger partial charge on any atom is 0.254 e. The Balaban J connectivity index is 1.93. The predicted octanol–water partition coefficient (Wildman–Crippen LogP) is 3.79. The normalized spacial score (nSPS) is 22.1. The number of benzene rings is 1.